The number of rotatable bonds is 3. The molecule has 5 nitrogen and oxygen atoms in total. The van der Waals surface area contributed by atoms with Crippen LogP contribution in [0.1, 0.15) is 0 Å². The molecule has 1 aromatic rings. The Morgan fingerprint density at radius 3 is 2.76 bits per heavy atom. The Morgan fingerprint density at radius 1 is 1.41 bits per heavy atom. The van der Waals surface area contributed by atoms with Gasteiger partial charge in [-0.1, -0.05) is 11.6 Å². The molecule has 0 heterocycles. The van der Waals surface area contributed by atoms with E-state index in [4.69, 9.17) is 11.6 Å². The van der Waals surface area contributed by atoms with Gasteiger partial charge in [0.25, 0.3) is 0 Å². The molecular weight excluding hydrogens is 246 g/mol. The van der Waals surface area contributed by atoms with Crippen LogP contribution in [-0.2, 0) is 14.3 Å². The zero-order valence-electron chi connectivity index (χ0n) is 8.94. The number of methoxy groups -OCH3 is 1. The van der Waals surface area contributed by atoms with E-state index in [9.17, 15) is 14.7 Å². The normalized spacial score (nSPS) is 10.2. The molecule has 0 saturated carbocycles. The lowest BCUT2D eigenvalue weighted by Gasteiger charge is -2.04. The quantitative estimate of drug-likeness (QED) is 0.490. The lowest BCUT2D eigenvalue weighted by molar-refractivity contribution is -0.135. The van der Waals surface area contributed by atoms with Crippen molar-refractivity contribution in [2.24, 2.45) is 0 Å². The van der Waals surface area contributed by atoms with Crippen LogP contribution < -0.4 is 5.32 Å². The topological polar surface area (TPSA) is 75.6 Å². The maximum atomic E-state index is 11.3. The smallest absolute Gasteiger partial charge is 0.330 e. The van der Waals surface area contributed by atoms with Gasteiger partial charge in [-0.2, -0.15) is 0 Å². The number of ether oxygens (including phenoxy) is 1. The van der Waals surface area contributed by atoms with Gasteiger partial charge < -0.3 is 15.2 Å². The number of carbonyl (C=O) groups excluding carboxylic acids is 2. The third-order valence-corrected chi connectivity index (χ3v) is 2.02. The maximum absolute atomic E-state index is 11.3. The van der Waals surface area contributed by atoms with Crippen molar-refractivity contribution in [2.75, 3.05) is 12.4 Å². The minimum absolute atomic E-state index is 0.116. The predicted octanol–water partition coefficient (Wildman–Crippen LogP) is 1.71. The number of phenols is 1. The van der Waals surface area contributed by atoms with Gasteiger partial charge in [-0.25, -0.2) is 4.79 Å². The second kappa shape index (κ2) is 5.91. The number of hydrogen-bond acceptors (Lipinski definition) is 4. The van der Waals surface area contributed by atoms with Gasteiger partial charge >= 0.3 is 5.97 Å². The number of benzene rings is 1. The Hall–Kier alpha value is -2.01. The first-order valence-electron chi connectivity index (χ1n) is 4.58. The monoisotopic (exact) mass is 255 g/mol. The molecule has 0 bridgehead atoms. The van der Waals surface area contributed by atoms with E-state index in [0.29, 0.717) is 5.02 Å². The highest BCUT2D eigenvalue weighted by molar-refractivity contribution is 6.31. The third kappa shape index (κ3) is 4.16. The summed E-state index contributed by atoms with van der Waals surface area (Å²) in [4.78, 5) is 22.1. The standard InChI is InChI=1S/C11H10ClNO4/c1-17-11(16)5-4-10(15)13-8-6-7(12)2-3-9(8)14/h2-6,14H,1H3,(H,13,15)/b5-4+. The molecule has 0 fully saturated rings. The molecule has 0 aromatic heterocycles. The van der Waals surface area contributed by atoms with Crippen molar-refractivity contribution in [3.05, 3.63) is 35.4 Å². The molecule has 0 saturated heterocycles. The van der Waals surface area contributed by atoms with Gasteiger partial charge in [0.2, 0.25) is 5.91 Å². The SMILES string of the molecule is COC(=O)/C=C/C(=O)Nc1cc(Cl)ccc1O. The molecular formula is C11H10ClNO4. The van der Waals surface area contributed by atoms with Gasteiger partial charge in [0.05, 0.1) is 12.8 Å². The number of halogens is 1. The fourth-order valence-corrected chi connectivity index (χ4v) is 1.17. The number of phenolic OH excluding ortho intramolecular Hbond substituents is 1. The predicted molar refractivity (Wildman–Crippen MR) is 62.9 cm³/mol. The molecule has 1 rings (SSSR count). The molecule has 0 aliphatic carbocycles. The van der Waals surface area contributed by atoms with Crippen LogP contribution in [-0.4, -0.2) is 24.1 Å². The zero-order chi connectivity index (χ0) is 12.8. The van der Waals surface area contributed by atoms with Crippen LogP contribution >= 0.6 is 11.6 Å². The Kier molecular flexibility index (Phi) is 4.54. The molecule has 17 heavy (non-hydrogen) atoms. The summed E-state index contributed by atoms with van der Waals surface area (Å²) in [7, 11) is 1.20. The van der Waals surface area contributed by atoms with E-state index in [1.54, 1.807) is 0 Å². The largest absolute Gasteiger partial charge is 0.506 e. The van der Waals surface area contributed by atoms with Crippen molar-refractivity contribution in [2.45, 2.75) is 0 Å². The molecule has 0 aliphatic heterocycles. The first kappa shape index (κ1) is 13.1. The van der Waals surface area contributed by atoms with Crippen LogP contribution in [0.15, 0.2) is 30.4 Å². The number of anilines is 1. The van der Waals surface area contributed by atoms with Crippen molar-refractivity contribution >= 4 is 29.2 Å². The summed E-state index contributed by atoms with van der Waals surface area (Å²) in [5.74, 6) is -1.34. The van der Waals surface area contributed by atoms with Crippen molar-refractivity contribution in [1.82, 2.24) is 0 Å². The van der Waals surface area contributed by atoms with E-state index in [1.807, 2.05) is 0 Å². The minimum atomic E-state index is -0.643. The summed E-state index contributed by atoms with van der Waals surface area (Å²) in [5.41, 5.74) is 0.164. The molecule has 0 radical (unpaired) electrons. The number of carbonyl (C=O) groups is 2. The Balaban J connectivity index is 2.71. The third-order valence-electron chi connectivity index (χ3n) is 1.79. The molecule has 90 valence electrons. The maximum Gasteiger partial charge on any atom is 0.330 e. The molecule has 2 N–H and O–H groups in total. The zero-order valence-corrected chi connectivity index (χ0v) is 9.69. The number of amides is 1. The van der Waals surface area contributed by atoms with Crippen LogP contribution in [0.25, 0.3) is 0 Å². The summed E-state index contributed by atoms with van der Waals surface area (Å²) in [6.07, 6.45) is 1.96. The Morgan fingerprint density at radius 2 is 2.12 bits per heavy atom. The highest BCUT2D eigenvalue weighted by Gasteiger charge is 2.05. The first-order chi connectivity index (χ1) is 8.02. The van der Waals surface area contributed by atoms with Gasteiger partial charge in [0.1, 0.15) is 5.75 Å². The van der Waals surface area contributed by atoms with Gasteiger partial charge in [-0.15, -0.1) is 0 Å². The minimum Gasteiger partial charge on any atom is -0.506 e. The molecule has 0 atom stereocenters. The second-order valence-electron chi connectivity index (χ2n) is 3.01. The summed E-state index contributed by atoms with van der Waals surface area (Å²) < 4.78 is 4.32. The molecule has 0 aliphatic rings. The lowest BCUT2D eigenvalue weighted by atomic mass is 10.3. The second-order valence-corrected chi connectivity index (χ2v) is 3.44. The van der Waals surface area contributed by atoms with Gasteiger partial charge in [0, 0.05) is 17.2 Å². The molecule has 1 amide bonds. The van der Waals surface area contributed by atoms with Crippen LogP contribution in [0.5, 0.6) is 5.75 Å². The molecule has 0 unspecified atom stereocenters. The lowest BCUT2D eigenvalue weighted by Crippen LogP contribution is -2.09. The number of esters is 1. The average Bonchev–Trinajstić information content (AvgIpc) is 2.30. The first-order valence-corrected chi connectivity index (χ1v) is 4.96. The van der Waals surface area contributed by atoms with Crippen LogP contribution in [0.4, 0.5) is 5.69 Å². The number of hydrogen-bond donors (Lipinski definition) is 2. The summed E-state index contributed by atoms with van der Waals surface area (Å²) >= 11 is 5.70. The van der Waals surface area contributed by atoms with Crippen LogP contribution in [0.2, 0.25) is 5.02 Å². The van der Waals surface area contributed by atoms with E-state index in [1.165, 1.54) is 25.3 Å². The highest BCUT2D eigenvalue weighted by Crippen LogP contribution is 2.26. The highest BCUT2D eigenvalue weighted by atomic mass is 35.5. The molecule has 0 spiro atoms. The van der Waals surface area contributed by atoms with Crippen molar-refractivity contribution in [3.8, 4) is 5.75 Å². The Labute approximate surface area is 103 Å². The number of nitrogens with one attached hydrogen (secondary N) is 1. The molecule has 1 aromatic carbocycles. The summed E-state index contributed by atoms with van der Waals surface area (Å²) in [6.45, 7) is 0. The summed E-state index contributed by atoms with van der Waals surface area (Å²) in [5, 5.41) is 12.2. The van der Waals surface area contributed by atoms with E-state index in [-0.39, 0.29) is 11.4 Å². The van der Waals surface area contributed by atoms with Crippen molar-refractivity contribution in [3.63, 3.8) is 0 Å². The van der Waals surface area contributed by atoms with Crippen molar-refractivity contribution < 1.29 is 19.4 Å². The van der Waals surface area contributed by atoms with Gasteiger partial charge in [-0.05, 0) is 18.2 Å². The van der Waals surface area contributed by atoms with E-state index >= 15 is 0 Å². The van der Waals surface area contributed by atoms with Gasteiger partial charge in [0.15, 0.2) is 0 Å². The average molecular weight is 256 g/mol. The summed E-state index contributed by atoms with van der Waals surface area (Å²) in [6, 6.07) is 4.22. The fraction of sp³-hybridized carbons (Fsp3) is 0.0909. The number of aromatic hydroxyl groups is 1. The van der Waals surface area contributed by atoms with Gasteiger partial charge in [-0.3, -0.25) is 4.79 Å². The molecule has 6 heteroatoms. The Bertz CT molecular complexity index is 471. The van der Waals surface area contributed by atoms with Crippen molar-refractivity contribution in [1.29, 1.82) is 0 Å². The van der Waals surface area contributed by atoms with E-state index < -0.39 is 11.9 Å². The van der Waals surface area contributed by atoms with Crippen LogP contribution in [0.3, 0.4) is 0 Å². The van der Waals surface area contributed by atoms with Crippen LogP contribution in [0, 0.1) is 0 Å². The fourth-order valence-electron chi connectivity index (χ4n) is 0.995. The van der Waals surface area contributed by atoms with E-state index in [0.717, 1.165) is 12.2 Å². The van der Waals surface area contributed by atoms with E-state index in [2.05, 4.69) is 10.1 Å².